The lowest BCUT2D eigenvalue weighted by Crippen LogP contribution is -2.46. The summed E-state index contributed by atoms with van der Waals surface area (Å²) in [4.78, 5) is 42.8. The van der Waals surface area contributed by atoms with Crippen molar-refractivity contribution in [2.24, 2.45) is 5.73 Å². The maximum Gasteiger partial charge on any atom is 0.321 e. The van der Waals surface area contributed by atoms with Crippen LogP contribution in [0.5, 0.6) is 5.75 Å². The highest BCUT2D eigenvalue weighted by atomic mass is 19.3. The predicted octanol–water partition coefficient (Wildman–Crippen LogP) is 3.37. The third kappa shape index (κ3) is 6.33. The summed E-state index contributed by atoms with van der Waals surface area (Å²) >= 11 is 0. The molecule has 0 spiro atoms. The second-order valence-electron chi connectivity index (χ2n) is 10.7. The molecule has 4 N–H and O–H groups in total. The Bertz CT molecular complexity index is 1660. The fourth-order valence-electron chi connectivity index (χ4n) is 5.19. The molecule has 43 heavy (non-hydrogen) atoms. The number of alkyl halides is 2. The summed E-state index contributed by atoms with van der Waals surface area (Å²) < 4.78 is 35.2. The number of nitrogens with one attached hydrogen (secondary N) is 1. The average molecular weight is 592 g/mol. The molecular weight excluding hydrogens is 560 g/mol. The first kappa shape index (κ1) is 29.6. The van der Waals surface area contributed by atoms with E-state index in [1.807, 2.05) is 6.07 Å². The van der Waals surface area contributed by atoms with Crippen LogP contribution in [0.2, 0.25) is 0 Å². The second kappa shape index (κ2) is 11.8. The molecule has 3 amide bonds. The predicted molar refractivity (Wildman–Crippen MR) is 154 cm³/mol. The van der Waals surface area contributed by atoms with Crippen molar-refractivity contribution in [3.63, 3.8) is 0 Å². The number of rotatable bonds is 9. The number of aliphatic hydroxyl groups excluding tert-OH is 1. The number of nitrogens with zero attached hydrogens (tertiary/aromatic N) is 3. The Balaban J connectivity index is 1.40. The molecule has 2 heterocycles. The number of hydrogen-bond acceptors (Lipinski definition) is 6. The molecular formula is C31H31F2N5O5. The van der Waals surface area contributed by atoms with Gasteiger partial charge < -0.3 is 25.8 Å². The third-order valence-corrected chi connectivity index (χ3v) is 7.36. The first-order valence-corrected chi connectivity index (χ1v) is 13.7. The van der Waals surface area contributed by atoms with E-state index in [0.29, 0.717) is 40.5 Å². The van der Waals surface area contributed by atoms with Gasteiger partial charge in [0.2, 0.25) is 5.91 Å². The minimum absolute atomic E-state index is 0.0145. The zero-order valence-corrected chi connectivity index (χ0v) is 23.5. The Labute approximate surface area is 246 Å². The van der Waals surface area contributed by atoms with Gasteiger partial charge in [-0.1, -0.05) is 36.4 Å². The van der Waals surface area contributed by atoms with E-state index in [1.54, 1.807) is 84.5 Å². The number of hydrogen-bond donors (Lipinski definition) is 3. The minimum atomic E-state index is -3.54. The van der Waals surface area contributed by atoms with Crippen LogP contribution in [-0.4, -0.2) is 67.9 Å². The van der Waals surface area contributed by atoms with Crippen molar-refractivity contribution in [1.29, 1.82) is 0 Å². The van der Waals surface area contributed by atoms with Gasteiger partial charge in [-0.2, -0.15) is 8.78 Å². The van der Waals surface area contributed by atoms with Crippen molar-refractivity contribution in [2.45, 2.75) is 50.5 Å². The summed E-state index contributed by atoms with van der Waals surface area (Å²) in [6.07, 6.45) is 0.0821. The molecule has 0 radical (unpaired) electrons. The number of amides is 3. The van der Waals surface area contributed by atoms with Gasteiger partial charge in [-0.25, -0.2) is 4.98 Å². The Hall–Kier alpha value is -4.84. The largest absolute Gasteiger partial charge is 0.484 e. The van der Waals surface area contributed by atoms with Crippen LogP contribution in [0.1, 0.15) is 42.3 Å². The summed E-state index contributed by atoms with van der Waals surface area (Å²) in [5, 5.41) is 12.4. The van der Waals surface area contributed by atoms with Gasteiger partial charge in [-0.05, 0) is 42.8 Å². The van der Waals surface area contributed by atoms with Crippen LogP contribution >= 0.6 is 0 Å². The number of likely N-dealkylation sites (tertiary alicyclic amines) is 1. The molecule has 4 atom stereocenters. The molecule has 1 aliphatic rings. The molecule has 1 aliphatic heterocycles. The van der Waals surface area contributed by atoms with Crippen molar-refractivity contribution in [2.75, 3.05) is 6.54 Å². The fraction of sp³-hybridized carbons (Fsp3) is 0.290. The maximum atomic E-state index is 13.6. The number of carbonyl (C=O) groups is 3. The molecule has 5 rings (SSSR count). The highest BCUT2D eigenvalue weighted by Crippen LogP contribution is 2.30. The van der Waals surface area contributed by atoms with Crippen LogP contribution in [0.4, 0.5) is 8.78 Å². The molecule has 0 bridgehead atoms. The summed E-state index contributed by atoms with van der Waals surface area (Å²) in [7, 11) is 0. The van der Waals surface area contributed by atoms with Crippen molar-refractivity contribution in [1.82, 2.24) is 19.8 Å². The van der Waals surface area contributed by atoms with E-state index in [-0.39, 0.29) is 13.0 Å². The highest BCUT2D eigenvalue weighted by molar-refractivity contribution is 5.98. The molecule has 12 heteroatoms. The molecule has 1 saturated heterocycles. The Morgan fingerprint density at radius 2 is 1.84 bits per heavy atom. The monoisotopic (exact) mass is 591 g/mol. The molecule has 10 nitrogen and oxygen atoms in total. The normalized spacial score (nSPS) is 18.3. The lowest BCUT2D eigenvalue weighted by atomic mass is 10.0. The summed E-state index contributed by atoms with van der Waals surface area (Å²) in [6, 6.07) is 19.3. The summed E-state index contributed by atoms with van der Waals surface area (Å²) in [5.74, 6) is -5.62. The third-order valence-electron chi connectivity index (χ3n) is 7.36. The number of ether oxygens (including phenoxy) is 1. The van der Waals surface area contributed by atoms with Crippen molar-refractivity contribution >= 4 is 28.8 Å². The first-order chi connectivity index (χ1) is 20.4. The number of β-amino-alcohol motifs (C(OH)–C–C–N with tert-alkyl or cyclic N) is 1. The number of fused-ring (bicyclic) bond motifs is 1. The van der Waals surface area contributed by atoms with Crippen LogP contribution < -0.4 is 15.8 Å². The molecule has 1 aromatic heterocycles. The minimum Gasteiger partial charge on any atom is -0.484 e. The van der Waals surface area contributed by atoms with Gasteiger partial charge in [0.25, 0.3) is 11.8 Å². The molecule has 0 aliphatic carbocycles. The number of nitrogens with two attached hydrogens (primary N) is 1. The van der Waals surface area contributed by atoms with Crippen molar-refractivity contribution in [3.05, 3.63) is 90.3 Å². The standard InChI is InChI=1S/C31H31F2N5O5/c1-18(36-30(42)31(2,32)33)27(19-7-4-3-5-8-19)43-23-11-12-25-24(15-23)35-17-38(25)21-10-6-9-20(13-21)29(41)37-16-22(39)14-26(37)28(34)40/h3-13,15,17-18,22,26-27,39H,14,16H2,1-2H3,(H2,34,40)(H,36,42)/t18-,22+,26-,27-/m0/s1. The van der Waals surface area contributed by atoms with E-state index in [0.717, 1.165) is 0 Å². The maximum absolute atomic E-state index is 13.6. The van der Waals surface area contributed by atoms with Gasteiger partial charge in [0.1, 0.15) is 24.2 Å². The molecule has 3 aromatic carbocycles. The summed E-state index contributed by atoms with van der Waals surface area (Å²) in [5.41, 5.74) is 8.36. The average Bonchev–Trinajstić information content (AvgIpc) is 3.59. The van der Waals surface area contributed by atoms with E-state index in [2.05, 4.69) is 10.3 Å². The van der Waals surface area contributed by atoms with Gasteiger partial charge >= 0.3 is 5.92 Å². The van der Waals surface area contributed by atoms with E-state index >= 15 is 0 Å². The van der Waals surface area contributed by atoms with E-state index in [9.17, 15) is 28.3 Å². The first-order valence-electron chi connectivity index (χ1n) is 13.7. The quantitative estimate of drug-likeness (QED) is 0.273. The van der Waals surface area contributed by atoms with E-state index in [1.165, 1.54) is 4.90 Å². The van der Waals surface area contributed by atoms with Crippen LogP contribution in [-0.2, 0) is 9.59 Å². The topological polar surface area (TPSA) is 140 Å². The molecule has 0 unspecified atom stereocenters. The van der Waals surface area contributed by atoms with Crippen LogP contribution in [0.15, 0.2) is 79.1 Å². The van der Waals surface area contributed by atoms with Crippen LogP contribution in [0.25, 0.3) is 16.7 Å². The van der Waals surface area contributed by atoms with Gasteiger partial charge in [0.15, 0.2) is 0 Å². The smallest absolute Gasteiger partial charge is 0.321 e. The molecule has 0 saturated carbocycles. The van der Waals surface area contributed by atoms with Gasteiger partial charge in [-0.15, -0.1) is 0 Å². The van der Waals surface area contributed by atoms with Crippen molar-refractivity contribution in [3.8, 4) is 11.4 Å². The van der Waals surface area contributed by atoms with E-state index in [4.69, 9.17) is 10.5 Å². The highest BCUT2D eigenvalue weighted by Gasteiger charge is 2.38. The zero-order valence-electron chi connectivity index (χ0n) is 23.5. The number of imidazole rings is 1. The van der Waals surface area contributed by atoms with Gasteiger partial charge in [0, 0.05) is 37.2 Å². The Morgan fingerprint density at radius 3 is 2.53 bits per heavy atom. The SMILES string of the molecule is C[C@H](NC(=O)C(C)(F)F)[C@H](Oc1ccc2c(c1)ncn2-c1cccc(C(=O)N2C[C@H](O)C[C@H]2C(N)=O)c1)c1ccccc1. The number of primary amides is 1. The van der Waals surface area contributed by atoms with Crippen molar-refractivity contribution < 1.29 is 33.0 Å². The summed E-state index contributed by atoms with van der Waals surface area (Å²) in [6.45, 7) is 2.15. The number of halogens is 2. The van der Waals surface area contributed by atoms with Crippen LogP contribution in [0.3, 0.4) is 0 Å². The van der Waals surface area contributed by atoms with E-state index < -0.39 is 47.9 Å². The number of aromatic nitrogens is 2. The second-order valence-corrected chi connectivity index (χ2v) is 10.7. The number of aliphatic hydroxyl groups is 1. The number of benzene rings is 3. The Kier molecular flexibility index (Phi) is 8.14. The zero-order chi connectivity index (χ0) is 30.9. The lowest BCUT2D eigenvalue weighted by Gasteiger charge is -2.27. The fourth-order valence-corrected chi connectivity index (χ4v) is 5.19. The molecule has 224 valence electrons. The number of carbonyl (C=O) groups excluding carboxylic acids is 3. The Morgan fingerprint density at radius 1 is 1.09 bits per heavy atom. The molecule has 4 aromatic rings. The lowest BCUT2D eigenvalue weighted by molar-refractivity contribution is -0.144. The van der Waals surface area contributed by atoms with Gasteiger partial charge in [-0.3, -0.25) is 19.0 Å². The van der Waals surface area contributed by atoms with Gasteiger partial charge in [0.05, 0.1) is 23.2 Å². The van der Waals surface area contributed by atoms with Crippen LogP contribution in [0, 0.1) is 0 Å². The molecule has 1 fully saturated rings.